The maximum absolute atomic E-state index is 13.5. The first-order valence-electron chi connectivity index (χ1n) is 10.9. The van der Waals surface area contributed by atoms with E-state index in [2.05, 4.69) is 5.32 Å². The lowest BCUT2D eigenvalue weighted by Gasteiger charge is -2.43. The predicted octanol–water partition coefficient (Wildman–Crippen LogP) is 3.21. The minimum absolute atomic E-state index is 0.0658. The summed E-state index contributed by atoms with van der Waals surface area (Å²) < 4.78 is 16.3. The van der Waals surface area contributed by atoms with E-state index in [1.165, 1.54) is 7.11 Å². The zero-order valence-electron chi connectivity index (χ0n) is 19.0. The molecule has 7 nitrogen and oxygen atoms in total. The van der Waals surface area contributed by atoms with Gasteiger partial charge in [0.15, 0.2) is 0 Å². The standard InChI is InChI=1S/C25H32N2O5/c1-19(20-10-12-21(13-11-20)23(28)30-3)26-24(29)25(14-7-16-31-18-25)27(2)15-17-32-22-8-5-4-6-9-22/h4-6,8-13,19H,7,14-18H2,1-3H3,(H,26,29)/t19-,25?/m0/s1. The number of benzene rings is 2. The SMILES string of the molecule is COC(=O)c1ccc([C@H](C)NC(=O)C2(N(C)CCOc3ccccc3)CCCOC2)cc1. The van der Waals surface area contributed by atoms with Crippen LogP contribution in [0, 0.1) is 0 Å². The number of methoxy groups -OCH3 is 1. The molecule has 32 heavy (non-hydrogen) atoms. The highest BCUT2D eigenvalue weighted by Crippen LogP contribution is 2.27. The van der Waals surface area contributed by atoms with E-state index in [-0.39, 0.29) is 17.9 Å². The Balaban J connectivity index is 1.64. The highest BCUT2D eigenvalue weighted by Gasteiger charge is 2.44. The molecule has 0 saturated carbocycles. The molecule has 2 aromatic rings. The van der Waals surface area contributed by atoms with Crippen LogP contribution in [-0.4, -0.2) is 62.8 Å². The second-order valence-corrected chi connectivity index (χ2v) is 8.08. The van der Waals surface area contributed by atoms with Crippen molar-refractivity contribution < 1.29 is 23.8 Å². The number of carbonyl (C=O) groups is 2. The lowest BCUT2D eigenvalue weighted by molar-refractivity contribution is -0.143. The largest absolute Gasteiger partial charge is 0.492 e. The van der Waals surface area contributed by atoms with Crippen molar-refractivity contribution in [2.75, 3.05) is 40.5 Å². The highest BCUT2D eigenvalue weighted by molar-refractivity contribution is 5.89. The van der Waals surface area contributed by atoms with Gasteiger partial charge in [0.25, 0.3) is 0 Å². The number of likely N-dealkylation sites (N-methyl/N-ethyl adjacent to an activating group) is 1. The number of ether oxygens (including phenoxy) is 3. The van der Waals surface area contributed by atoms with Crippen molar-refractivity contribution in [2.45, 2.75) is 31.3 Å². The Hall–Kier alpha value is -2.90. The summed E-state index contributed by atoms with van der Waals surface area (Å²) in [6, 6.07) is 16.5. The Bertz CT molecular complexity index is 879. The number of rotatable bonds is 9. The fourth-order valence-corrected chi connectivity index (χ4v) is 3.90. The summed E-state index contributed by atoms with van der Waals surface area (Å²) in [5.41, 5.74) is 0.636. The first kappa shape index (κ1) is 23.8. The molecule has 1 aliphatic rings. The van der Waals surface area contributed by atoms with Crippen LogP contribution in [0.25, 0.3) is 0 Å². The minimum atomic E-state index is -0.751. The van der Waals surface area contributed by atoms with E-state index in [1.54, 1.807) is 12.1 Å². The summed E-state index contributed by atoms with van der Waals surface area (Å²) in [5.74, 6) is 0.359. The number of amides is 1. The molecule has 0 aliphatic carbocycles. The van der Waals surface area contributed by atoms with Crippen LogP contribution in [-0.2, 0) is 14.3 Å². The minimum Gasteiger partial charge on any atom is -0.492 e. The van der Waals surface area contributed by atoms with Crippen LogP contribution < -0.4 is 10.1 Å². The molecule has 1 unspecified atom stereocenters. The first-order valence-corrected chi connectivity index (χ1v) is 10.9. The van der Waals surface area contributed by atoms with E-state index in [1.807, 2.05) is 61.3 Å². The van der Waals surface area contributed by atoms with Crippen molar-refractivity contribution in [3.05, 3.63) is 65.7 Å². The molecule has 1 N–H and O–H groups in total. The smallest absolute Gasteiger partial charge is 0.337 e. The van der Waals surface area contributed by atoms with E-state index in [0.29, 0.717) is 38.3 Å². The van der Waals surface area contributed by atoms with Gasteiger partial charge in [-0.1, -0.05) is 30.3 Å². The van der Waals surface area contributed by atoms with Crippen molar-refractivity contribution in [2.24, 2.45) is 0 Å². The zero-order valence-corrected chi connectivity index (χ0v) is 19.0. The normalized spacial score (nSPS) is 19.2. The van der Waals surface area contributed by atoms with Gasteiger partial charge in [-0.15, -0.1) is 0 Å². The third kappa shape index (κ3) is 5.66. The molecule has 172 valence electrons. The Morgan fingerprint density at radius 3 is 2.50 bits per heavy atom. The van der Waals surface area contributed by atoms with Crippen molar-refractivity contribution in [1.82, 2.24) is 10.2 Å². The third-order valence-corrected chi connectivity index (χ3v) is 5.99. The third-order valence-electron chi connectivity index (χ3n) is 5.99. The van der Waals surface area contributed by atoms with E-state index >= 15 is 0 Å². The van der Waals surface area contributed by atoms with Crippen LogP contribution in [0.2, 0.25) is 0 Å². The number of hydrogen-bond acceptors (Lipinski definition) is 6. The van der Waals surface area contributed by atoms with Crippen molar-refractivity contribution in [3.63, 3.8) is 0 Å². The van der Waals surface area contributed by atoms with Gasteiger partial charge in [0.2, 0.25) is 5.91 Å². The number of hydrogen-bond donors (Lipinski definition) is 1. The van der Waals surface area contributed by atoms with Crippen LogP contribution in [0.1, 0.15) is 41.7 Å². The predicted molar refractivity (Wildman–Crippen MR) is 122 cm³/mol. The molecular weight excluding hydrogens is 408 g/mol. The fourth-order valence-electron chi connectivity index (χ4n) is 3.90. The highest BCUT2D eigenvalue weighted by atomic mass is 16.5. The average Bonchev–Trinajstić information content (AvgIpc) is 2.84. The van der Waals surface area contributed by atoms with Gasteiger partial charge in [-0.25, -0.2) is 4.79 Å². The Morgan fingerprint density at radius 1 is 1.16 bits per heavy atom. The van der Waals surface area contributed by atoms with Gasteiger partial charge in [-0.2, -0.15) is 0 Å². The molecule has 0 spiro atoms. The van der Waals surface area contributed by atoms with E-state index in [9.17, 15) is 9.59 Å². The number of carbonyl (C=O) groups excluding carboxylic acids is 2. The lowest BCUT2D eigenvalue weighted by atomic mass is 9.89. The molecule has 0 aromatic heterocycles. The van der Waals surface area contributed by atoms with E-state index in [0.717, 1.165) is 17.7 Å². The molecule has 1 heterocycles. The second kappa shape index (κ2) is 11.1. The van der Waals surface area contributed by atoms with Crippen LogP contribution in [0.4, 0.5) is 0 Å². The quantitative estimate of drug-likeness (QED) is 0.604. The van der Waals surface area contributed by atoms with Gasteiger partial charge in [0, 0.05) is 13.2 Å². The average molecular weight is 441 g/mol. The maximum Gasteiger partial charge on any atom is 0.337 e. The van der Waals surface area contributed by atoms with Crippen molar-refractivity contribution in [3.8, 4) is 5.75 Å². The molecule has 2 aromatic carbocycles. The molecule has 3 rings (SSSR count). The summed E-state index contributed by atoms with van der Waals surface area (Å²) in [6.07, 6.45) is 1.54. The van der Waals surface area contributed by atoms with Gasteiger partial charge in [-0.3, -0.25) is 9.69 Å². The van der Waals surface area contributed by atoms with E-state index < -0.39 is 5.54 Å². The Kier molecular flexibility index (Phi) is 8.25. The van der Waals surface area contributed by atoms with Gasteiger partial charge in [-0.05, 0) is 56.6 Å². The summed E-state index contributed by atoms with van der Waals surface area (Å²) in [6.45, 7) is 4.00. The van der Waals surface area contributed by atoms with Crippen LogP contribution in [0.5, 0.6) is 5.75 Å². The van der Waals surface area contributed by atoms with Gasteiger partial charge in [0.1, 0.15) is 17.9 Å². The Labute approximate surface area is 189 Å². The van der Waals surface area contributed by atoms with Crippen molar-refractivity contribution >= 4 is 11.9 Å². The number of esters is 1. The molecule has 0 bridgehead atoms. The van der Waals surface area contributed by atoms with Crippen LogP contribution >= 0.6 is 0 Å². The zero-order chi connectivity index (χ0) is 23.0. The topological polar surface area (TPSA) is 77.1 Å². The second-order valence-electron chi connectivity index (χ2n) is 8.08. The molecule has 0 radical (unpaired) electrons. The van der Waals surface area contributed by atoms with Crippen LogP contribution in [0.3, 0.4) is 0 Å². The maximum atomic E-state index is 13.5. The fraction of sp³-hybridized carbons (Fsp3) is 0.440. The lowest BCUT2D eigenvalue weighted by Crippen LogP contribution is -2.62. The van der Waals surface area contributed by atoms with Crippen LogP contribution in [0.15, 0.2) is 54.6 Å². The van der Waals surface area contributed by atoms with Gasteiger partial charge >= 0.3 is 5.97 Å². The molecule has 1 aliphatic heterocycles. The molecular formula is C25H32N2O5. The summed E-state index contributed by atoms with van der Waals surface area (Å²) in [4.78, 5) is 27.1. The monoisotopic (exact) mass is 440 g/mol. The van der Waals surface area contributed by atoms with Gasteiger partial charge in [0.05, 0.1) is 25.3 Å². The number of nitrogens with zero attached hydrogens (tertiary/aromatic N) is 1. The molecule has 7 heteroatoms. The molecule has 1 amide bonds. The number of para-hydroxylation sites is 1. The molecule has 2 atom stereocenters. The summed E-state index contributed by atoms with van der Waals surface area (Å²) >= 11 is 0. The molecule has 1 saturated heterocycles. The van der Waals surface area contributed by atoms with Gasteiger partial charge < -0.3 is 19.5 Å². The first-order chi connectivity index (χ1) is 15.5. The molecule has 1 fully saturated rings. The van der Waals surface area contributed by atoms with Crippen molar-refractivity contribution in [1.29, 1.82) is 0 Å². The summed E-state index contributed by atoms with van der Waals surface area (Å²) in [5, 5.41) is 3.14. The van der Waals surface area contributed by atoms with E-state index in [4.69, 9.17) is 14.2 Å². The summed E-state index contributed by atoms with van der Waals surface area (Å²) in [7, 11) is 3.30. The Morgan fingerprint density at radius 2 is 1.88 bits per heavy atom. The number of nitrogens with one attached hydrogen (secondary N) is 1.